The third kappa shape index (κ3) is 3.71. The van der Waals surface area contributed by atoms with Gasteiger partial charge in [0.05, 0.1) is 20.4 Å². The number of rotatable bonds is 4. The summed E-state index contributed by atoms with van der Waals surface area (Å²) in [4.78, 5) is 2.34. The molecule has 2 N–H and O–H groups in total. The molecule has 0 bridgehead atoms. The van der Waals surface area contributed by atoms with Gasteiger partial charge in [0.25, 0.3) is 0 Å². The molecule has 0 spiro atoms. The van der Waals surface area contributed by atoms with Crippen LogP contribution in [0.25, 0.3) is 0 Å². The highest BCUT2D eigenvalue weighted by molar-refractivity contribution is 7.91. The quantitative estimate of drug-likeness (QED) is 0.627. The molecule has 0 aliphatic heterocycles. The lowest BCUT2D eigenvalue weighted by Crippen LogP contribution is -2.09. The fourth-order valence-electron chi connectivity index (χ4n) is 2.31. The predicted octanol–water partition coefficient (Wildman–Crippen LogP) is 5.26. The first-order chi connectivity index (χ1) is 12.2. The minimum absolute atomic E-state index is 0.120. The van der Waals surface area contributed by atoms with Gasteiger partial charge in [0.1, 0.15) is 5.82 Å². The number of anilines is 2. The summed E-state index contributed by atoms with van der Waals surface area (Å²) in [5.41, 5.74) is -0.566. The van der Waals surface area contributed by atoms with Gasteiger partial charge < -0.3 is 10.3 Å². The Balaban J connectivity index is 1.93. The van der Waals surface area contributed by atoms with Crippen LogP contribution in [-0.4, -0.2) is 13.4 Å². The van der Waals surface area contributed by atoms with Crippen molar-refractivity contribution in [3.05, 3.63) is 71.4 Å². The fourth-order valence-corrected chi connectivity index (χ4v) is 3.82. The molecule has 0 fully saturated rings. The van der Waals surface area contributed by atoms with Gasteiger partial charge in [-0.05, 0) is 54.6 Å². The zero-order valence-electron chi connectivity index (χ0n) is 13.0. The molecule has 3 rings (SSSR count). The summed E-state index contributed by atoms with van der Waals surface area (Å²) in [6.07, 6.45) is -3.02. The van der Waals surface area contributed by atoms with E-state index >= 15 is 0 Å². The van der Waals surface area contributed by atoms with Crippen LogP contribution in [0.4, 0.5) is 24.7 Å². The second-order valence-corrected chi connectivity index (χ2v) is 7.73. The third-order valence-corrected chi connectivity index (χ3v) is 5.69. The van der Waals surface area contributed by atoms with Gasteiger partial charge in [-0.3, -0.25) is 0 Å². The molecule has 136 valence electrons. The summed E-state index contributed by atoms with van der Waals surface area (Å²) < 4.78 is 64.1. The molecule has 0 atom stereocenters. The summed E-state index contributed by atoms with van der Waals surface area (Å²) in [5, 5.41) is 2.47. The SMILES string of the molecule is O=S(=O)(c1ccc(Nc2ccc[nH]2)cc1)c1ccc(Cl)c(C(F)(F)F)c1. The standard InChI is InChI=1S/C17H12ClF3N2O2S/c18-15-8-7-13(10-14(15)17(19,20)21)26(24,25)12-5-3-11(4-6-12)23-16-2-1-9-22-16/h1-10,22-23H. The molecule has 3 aromatic rings. The maximum absolute atomic E-state index is 13.0. The Bertz CT molecular complexity index is 1020. The molecule has 0 aliphatic rings. The van der Waals surface area contributed by atoms with Crippen LogP contribution in [0.1, 0.15) is 5.56 Å². The van der Waals surface area contributed by atoms with Crippen LogP contribution in [0, 0.1) is 0 Å². The Morgan fingerprint density at radius 3 is 2.19 bits per heavy atom. The van der Waals surface area contributed by atoms with E-state index < -0.39 is 31.5 Å². The Hall–Kier alpha value is -2.45. The molecule has 9 heteroatoms. The van der Waals surface area contributed by atoms with Crippen LogP contribution in [-0.2, 0) is 16.0 Å². The highest BCUT2D eigenvalue weighted by Gasteiger charge is 2.34. The van der Waals surface area contributed by atoms with E-state index in [4.69, 9.17) is 11.6 Å². The van der Waals surface area contributed by atoms with Crippen molar-refractivity contribution in [2.45, 2.75) is 16.0 Å². The lowest BCUT2D eigenvalue weighted by molar-refractivity contribution is -0.137. The highest BCUT2D eigenvalue weighted by atomic mass is 35.5. The predicted molar refractivity (Wildman–Crippen MR) is 92.4 cm³/mol. The number of aromatic amines is 1. The molecule has 1 heterocycles. The van der Waals surface area contributed by atoms with Gasteiger partial charge in [0, 0.05) is 11.9 Å². The molecule has 0 unspecified atom stereocenters. The van der Waals surface area contributed by atoms with Crippen molar-refractivity contribution in [2.75, 3.05) is 5.32 Å². The molecule has 4 nitrogen and oxygen atoms in total. The van der Waals surface area contributed by atoms with E-state index in [1.54, 1.807) is 18.3 Å². The van der Waals surface area contributed by atoms with Crippen molar-refractivity contribution in [2.24, 2.45) is 0 Å². The van der Waals surface area contributed by atoms with Gasteiger partial charge in [-0.1, -0.05) is 11.6 Å². The van der Waals surface area contributed by atoms with Crippen molar-refractivity contribution in [3.8, 4) is 0 Å². The van der Waals surface area contributed by atoms with Crippen LogP contribution in [0.2, 0.25) is 5.02 Å². The maximum Gasteiger partial charge on any atom is 0.417 e. The molecule has 0 radical (unpaired) electrons. The molecule has 1 aromatic heterocycles. The minimum atomic E-state index is -4.74. The van der Waals surface area contributed by atoms with E-state index in [0.717, 1.165) is 12.1 Å². The summed E-state index contributed by atoms with van der Waals surface area (Å²) in [7, 11) is -4.11. The van der Waals surface area contributed by atoms with Gasteiger partial charge in [-0.2, -0.15) is 13.2 Å². The van der Waals surface area contributed by atoms with Crippen molar-refractivity contribution in [1.29, 1.82) is 0 Å². The van der Waals surface area contributed by atoms with Gasteiger partial charge in [-0.25, -0.2) is 8.42 Å². The smallest absolute Gasteiger partial charge is 0.348 e. The normalized spacial score (nSPS) is 12.2. The number of sulfone groups is 1. The molecule has 2 aromatic carbocycles. The first-order valence-corrected chi connectivity index (χ1v) is 9.16. The Morgan fingerprint density at radius 1 is 0.962 bits per heavy atom. The Kier molecular flexibility index (Phi) is 4.72. The summed E-state index contributed by atoms with van der Waals surface area (Å²) in [5.74, 6) is 0.716. The molecule has 0 saturated heterocycles. The van der Waals surface area contributed by atoms with E-state index in [0.29, 0.717) is 17.6 Å². The molecular formula is C17H12ClF3N2O2S. The van der Waals surface area contributed by atoms with Crippen molar-refractivity contribution in [3.63, 3.8) is 0 Å². The molecular weight excluding hydrogens is 389 g/mol. The summed E-state index contributed by atoms with van der Waals surface area (Å²) in [6.45, 7) is 0. The van der Waals surface area contributed by atoms with Crippen LogP contribution < -0.4 is 5.32 Å². The van der Waals surface area contributed by atoms with E-state index in [2.05, 4.69) is 10.3 Å². The highest BCUT2D eigenvalue weighted by Crippen LogP contribution is 2.37. The van der Waals surface area contributed by atoms with Crippen LogP contribution in [0.15, 0.2) is 70.6 Å². The van der Waals surface area contributed by atoms with Crippen molar-refractivity contribution < 1.29 is 21.6 Å². The first-order valence-electron chi connectivity index (χ1n) is 7.30. The minimum Gasteiger partial charge on any atom is -0.348 e. The second-order valence-electron chi connectivity index (χ2n) is 5.38. The first kappa shape index (κ1) is 18.3. The number of hydrogen-bond donors (Lipinski definition) is 2. The van der Waals surface area contributed by atoms with Gasteiger partial charge in [-0.15, -0.1) is 0 Å². The van der Waals surface area contributed by atoms with Crippen molar-refractivity contribution >= 4 is 32.9 Å². The van der Waals surface area contributed by atoms with Gasteiger partial charge in [0.15, 0.2) is 0 Å². The van der Waals surface area contributed by atoms with Gasteiger partial charge in [0.2, 0.25) is 9.84 Å². The molecule has 0 saturated carbocycles. The largest absolute Gasteiger partial charge is 0.417 e. The molecule has 0 amide bonds. The number of halogens is 4. The number of benzene rings is 2. The maximum atomic E-state index is 13.0. The van der Waals surface area contributed by atoms with E-state index in [1.165, 1.54) is 24.3 Å². The van der Waals surface area contributed by atoms with E-state index in [9.17, 15) is 21.6 Å². The van der Waals surface area contributed by atoms with Crippen molar-refractivity contribution in [1.82, 2.24) is 4.98 Å². The number of aromatic nitrogens is 1. The lowest BCUT2D eigenvalue weighted by atomic mass is 10.2. The van der Waals surface area contributed by atoms with E-state index in [-0.39, 0.29) is 4.90 Å². The average Bonchev–Trinajstić information content (AvgIpc) is 3.07. The number of hydrogen-bond acceptors (Lipinski definition) is 3. The van der Waals surface area contributed by atoms with Crippen LogP contribution in [0.5, 0.6) is 0 Å². The Labute approximate surface area is 152 Å². The summed E-state index contributed by atoms with van der Waals surface area (Å²) >= 11 is 5.54. The third-order valence-electron chi connectivity index (χ3n) is 3.60. The molecule has 0 aliphatic carbocycles. The topological polar surface area (TPSA) is 62.0 Å². The lowest BCUT2D eigenvalue weighted by Gasteiger charge is -2.12. The fraction of sp³-hybridized carbons (Fsp3) is 0.0588. The van der Waals surface area contributed by atoms with Crippen LogP contribution in [0.3, 0.4) is 0 Å². The second kappa shape index (κ2) is 6.69. The van der Waals surface area contributed by atoms with E-state index in [1.807, 2.05) is 0 Å². The van der Waals surface area contributed by atoms with Gasteiger partial charge >= 0.3 is 6.18 Å². The monoisotopic (exact) mass is 400 g/mol. The summed E-state index contributed by atoms with van der Waals surface area (Å²) in [6, 6.07) is 11.8. The van der Waals surface area contributed by atoms with Crippen LogP contribution >= 0.6 is 11.6 Å². The zero-order chi connectivity index (χ0) is 18.9. The number of H-pyrrole nitrogens is 1. The molecule has 26 heavy (non-hydrogen) atoms. The number of nitrogens with one attached hydrogen (secondary N) is 2. The number of alkyl halides is 3. The Morgan fingerprint density at radius 2 is 1.62 bits per heavy atom. The zero-order valence-corrected chi connectivity index (χ0v) is 14.6. The average molecular weight is 401 g/mol.